The van der Waals surface area contributed by atoms with Gasteiger partial charge in [0, 0.05) is 12.1 Å². The predicted octanol–water partition coefficient (Wildman–Crippen LogP) is 3.40. The summed E-state index contributed by atoms with van der Waals surface area (Å²) in [6.07, 6.45) is 5.83. The molecule has 0 spiro atoms. The molecule has 0 aliphatic heterocycles. The summed E-state index contributed by atoms with van der Waals surface area (Å²) in [4.78, 5) is 10.5. The minimum Gasteiger partial charge on any atom is -0.377 e. The molecule has 0 unspecified atom stereocenters. The van der Waals surface area contributed by atoms with Crippen molar-refractivity contribution in [1.82, 2.24) is 0 Å². The van der Waals surface area contributed by atoms with Crippen LogP contribution in [0.3, 0.4) is 0 Å². The second-order valence-corrected chi connectivity index (χ2v) is 4.51. The van der Waals surface area contributed by atoms with Crippen molar-refractivity contribution in [1.29, 1.82) is 0 Å². The van der Waals surface area contributed by atoms with Crippen LogP contribution in [0, 0.1) is 17.0 Å². The van der Waals surface area contributed by atoms with Crippen molar-refractivity contribution < 1.29 is 4.92 Å². The second-order valence-electron chi connectivity index (χ2n) is 4.51. The van der Waals surface area contributed by atoms with Crippen LogP contribution in [0.15, 0.2) is 18.2 Å². The normalized spacial score (nSPS) is 16.8. The van der Waals surface area contributed by atoms with Crippen molar-refractivity contribution in [2.24, 2.45) is 0 Å². The van der Waals surface area contributed by atoms with Crippen LogP contribution in [-0.2, 0) is 0 Å². The van der Waals surface area contributed by atoms with Gasteiger partial charge in [-0.25, -0.2) is 0 Å². The van der Waals surface area contributed by atoms with E-state index in [2.05, 4.69) is 5.32 Å². The number of nitro groups is 1. The minimum atomic E-state index is -0.387. The standard InChI is InChI=1S/C13H16N2O2/c1-10-7-8-12(13(9-10)15(16)17)14-11-5-3-2-4-6-11/h1,7-9,11,14H,2-6H2. The fourth-order valence-electron chi connectivity index (χ4n) is 2.29. The summed E-state index contributed by atoms with van der Waals surface area (Å²) in [5.41, 5.74) is 1.07. The van der Waals surface area contributed by atoms with Gasteiger partial charge >= 0.3 is 0 Å². The molecule has 17 heavy (non-hydrogen) atoms. The Labute approximate surface area is 101 Å². The number of nitro benzene ring substituents is 1. The third-order valence-electron chi connectivity index (χ3n) is 3.18. The highest BCUT2D eigenvalue weighted by atomic mass is 16.6. The highest BCUT2D eigenvalue weighted by Crippen LogP contribution is 2.29. The van der Waals surface area contributed by atoms with E-state index in [9.17, 15) is 10.1 Å². The number of hydrogen-bond donors (Lipinski definition) is 1. The van der Waals surface area contributed by atoms with Gasteiger partial charge in [0.25, 0.3) is 5.69 Å². The van der Waals surface area contributed by atoms with Gasteiger partial charge in [-0.3, -0.25) is 10.1 Å². The van der Waals surface area contributed by atoms with Gasteiger partial charge in [0.1, 0.15) is 5.69 Å². The number of benzene rings is 1. The molecule has 0 amide bonds. The first-order valence-corrected chi connectivity index (χ1v) is 5.97. The lowest BCUT2D eigenvalue weighted by Gasteiger charge is -2.23. The van der Waals surface area contributed by atoms with Crippen LogP contribution in [0.5, 0.6) is 0 Å². The summed E-state index contributed by atoms with van der Waals surface area (Å²) in [6, 6.07) is 5.15. The Bertz CT molecular complexity index is 412. The van der Waals surface area contributed by atoms with E-state index in [0.29, 0.717) is 17.3 Å². The number of nitrogens with one attached hydrogen (secondary N) is 1. The van der Waals surface area contributed by atoms with E-state index in [0.717, 1.165) is 12.8 Å². The average molecular weight is 232 g/mol. The zero-order chi connectivity index (χ0) is 12.3. The SMILES string of the molecule is [CH]c1ccc(NC2CCCCC2)c([N+](=O)[O-])c1. The molecule has 4 heteroatoms. The first-order chi connectivity index (χ1) is 8.16. The van der Waals surface area contributed by atoms with Crippen molar-refractivity contribution in [3.63, 3.8) is 0 Å². The van der Waals surface area contributed by atoms with Gasteiger partial charge in [-0.1, -0.05) is 25.3 Å². The molecule has 0 atom stereocenters. The maximum Gasteiger partial charge on any atom is 0.292 e. The van der Waals surface area contributed by atoms with Gasteiger partial charge in [-0.05, 0) is 31.4 Å². The quantitative estimate of drug-likeness (QED) is 0.642. The first kappa shape index (κ1) is 11.9. The van der Waals surface area contributed by atoms with Gasteiger partial charge < -0.3 is 5.32 Å². The van der Waals surface area contributed by atoms with Gasteiger partial charge in [0.15, 0.2) is 0 Å². The average Bonchev–Trinajstić information content (AvgIpc) is 2.32. The van der Waals surface area contributed by atoms with E-state index >= 15 is 0 Å². The second kappa shape index (κ2) is 5.17. The summed E-state index contributed by atoms with van der Waals surface area (Å²) in [6.45, 7) is 5.57. The Morgan fingerprint density at radius 1 is 1.29 bits per heavy atom. The lowest BCUT2D eigenvalue weighted by molar-refractivity contribution is -0.384. The molecule has 1 aliphatic rings. The Morgan fingerprint density at radius 3 is 2.65 bits per heavy atom. The van der Waals surface area contributed by atoms with Crippen LogP contribution in [0.25, 0.3) is 0 Å². The monoisotopic (exact) mass is 232 g/mol. The molecule has 1 N–H and O–H groups in total. The first-order valence-electron chi connectivity index (χ1n) is 5.97. The lowest BCUT2D eigenvalue weighted by Crippen LogP contribution is -2.22. The number of rotatable bonds is 3. The summed E-state index contributed by atoms with van der Waals surface area (Å²) >= 11 is 0. The van der Waals surface area contributed by atoms with Gasteiger partial charge in [0.05, 0.1) is 4.92 Å². The smallest absolute Gasteiger partial charge is 0.292 e. The zero-order valence-electron chi connectivity index (χ0n) is 9.69. The Morgan fingerprint density at radius 2 is 2.00 bits per heavy atom. The molecule has 1 saturated carbocycles. The summed E-state index contributed by atoms with van der Waals surface area (Å²) < 4.78 is 0. The molecule has 1 aromatic carbocycles. The molecule has 1 aliphatic carbocycles. The zero-order valence-corrected chi connectivity index (χ0v) is 9.69. The third kappa shape index (κ3) is 2.96. The van der Waals surface area contributed by atoms with Crippen molar-refractivity contribution in [2.45, 2.75) is 38.1 Å². The van der Waals surface area contributed by atoms with Crippen LogP contribution >= 0.6 is 0 Å². The van der Waals surface area contributed by atoms with Crippen molar-refractivity contribution in [3.8, 4) is 0 Å². The molecular weight excluding hydrogens is 216 g/mol. The molecular formula is C13H16N2O2. The molecule has 2 rings (SSSR count). The maximum atomic E-state index is 10.9. The van der Waals surface area contributed by atoms with Gasteiger partial charge in [0.2, 0.25) is 0 Å². The van der Waals surface area contributed by atoms with Crippen molar-refractivity contribution >= 4 is 11.4 Å². The highest BCUT2D eigenvalue weighted by molar-refractivity contribution is 5.63. The van der Waals surface area contributed by atoms with Gasteiger partial charge in [-0.2, -0.15) is 0 Å². The fraction of sp³-hybridized carbons (Fsp3) is 0.462. The molecule has 1 fully saturated rings. The topological polar surface area (TPSA) is 55.2 Å². The largest absolute Gasteiger partial charge is 0.377 e. The molecule has 0 heterocycles. The van der Waals surface area contributed by atoms with Gasteiger partial charge in [-0.15, -0.1) is 0 Å². The molecule has 0 saturated heterocycles. The van der Waals surface area contributed by atoms with E-state index < -0.39 is 0 Å². The molecule has 0 bridgehead atoms. The van der Waals surface area contributed by atoms with E-state index in [-0.39, 0.29) is 10.6 Å². The maximum absolute atomic E-state index is 10.9. The summed E-state index contributed by atoms with van der Waals surface area (Å²) in [5, 5.41) is 14.2. The van der Waals surface area contributed by atoms with Crippen molar-refractivity contribution in [3.05, 3.63) is 40.8 Å². The fourth-order valence-corrected chi connectivity index (χ4v) is 2.29. The molecule has 90 valence electrons. The van der Waals surface area contributed by atoms with E-state index in [1.165, 1.54) is 25.3 Å². The highest BCUT2D eigenvalue weighted by Gasteiger charge is 2.18. The number of hydrogen-bond acceptors (Lipinski definition) is 3. The van der Waals surface area contributed by atoms with E-state index in [1.54, 1.807) is 12.1 Å². The number of nitrogens with zero attached hydrogens (tertiary/aromatic N) is 1. The lowest BCUT2D eigenvalue weighted by atomic mass is 9.95. The molecule has 1 aromatic rings. The van der Waals surface area contributed by atoms with Crippen molar-refractivity contribution in [2.75, 3.05) is 5.32 Å². The van der Waals surface area contributed by atoms with E-state index in [1.807, 2.05) is 0 Å². The Kier molecular flexibility index (Phi) is 3.61. The Balaban J connectivity index is 2.16. The molecule has 4 nitrogen and oxygen atoms in total. The Hall–Kier alpha value is -1.58. The van der Waals surface area contributed by atoms with Crippen LogP contribution < -0.4 is 5.32 Å². The van der Waals surface area contributed by atoms with Crippen LogP contribution in [-0.4, -0.2) is 11.0 Å². The third-order valence-corrected chi connectivity index (χ3v) is 3.18. The van der Waals surface area contributed by atoms with Crippen LogP contribution in [0.2, 0.25) is 0 Å². The minimum absolute atomic E-state index is 0.0653. The molecule has 0 aromatic heterocycles. The van der Waals surface area contributed by atoms with E-state index in [4.69, 9.17) is 6.92 Å². The predicted molar refractivity (Wildman–Crippen MR) is 67.0 cm³/mol. The van der Waals surface area contributed by atoms with Crippen LogP contribution in [0.4, 0.5) is 11.4 Å². The molecule has 2 radical (unpaired) electrons. The number of anilines is 1. The summed E-state index contributed by atoms with van der Waals surface area (Å²) in [7, 11) is 0. The van der Waals surface area contributed by atoms with Crippen LogP contribution in [0.1, 0.15) is 37.7 Å². The summed E-state index contributed by atoms with van der Waals surface area (Å²) in [5.74, 6) is 0.